The van der Waals surface area contributed by atoms with Crippen LogP contribution in [-0.2, 0) is 0 Å². The summed E-state index contributed by atoms with van der Waals surface area (Å²) in [5.41, 5.74) is 1.10. The SMILES string of the molecule is CC1=NC=C(O)CC1. The number of hydrogen-bond donors (Lipinski definition) is 1. The maximum atomic E-state index is 8.78. The van der Waals surface area contributed by atoms with Crippen LogP contribution in [0.4, 0.5) is 0 Å². The van der Waals surface area contributed by atoms with Gasteiger partial charge >= 0.3 is 0 Å². The van der Waals surface area contributed by atoms with Gasteiger partial charge in [0.1, 0.15) is 5.76 Å². The third-order valence-corrected chi connectivity index (χ3v) is 1.18. The second-order valence-electron chi connectivity index (χ2n) is 1.98. The molecule has 0 aromatic rings. The Hall–Kier alpha value is -0.790. The first kappa shape index (κ1) is 5.35. The topological polar surface area (TPSA) is 32.6 Å². The number of hydrogen-bond acceptors (Lipinski definition) is 2. The largest absolute Gasteiger partial charge is 0.511 e. The summed E-state index contributed by atoms with van der Waals surface area (Å²) in [5, 5.41) is 8.78. The normalized spacial score (nSPS) is 19.6. The molecule has 0 fully saturated rings. The van der Waals surface area contributed by atoms with Crippen LogP contribution in [0, 0.1) is 0 Å². The summed E-state index contributed by atoms with van der Waals surface area (Å²) in [5.74, 6) is 0.399. The van der Waals surface area contributed by atoms with Gasteiger partial charge in [0.05, 0.1) is 6.20 Å². The molecule has 2 nitrogen and oxygen atoms in total. The van der Waals surface area contributed by atoms with E-state index in [-0.39, 0.29) is 0 Å². The van der Waals surface area contributed by atoms with Crippen molar-refractivity contribution in [2.45, 2.75) is 19.8 Å². The van der Waals surface area contributed by atoms with Crippen molar-refractivity contribution in [3.05, 3.63) is 12.0 Å². The molecule has 0 amide bonds. The Morgan fingerprint density at radius 3 is 2.75 bits per heavy atom. The van der Waals surface area contributed by atoms with E-state index in [2.05, 4.69) is 4.99 Å². The van der Waals surface area contributed by atoms with E-state index in [0.29, 0.717) is 5.76 Å². The quantitative estimate of drug-likeness (QED) is 0.506. The molecule has 1 aliphatic heterocycles. The van der Waals surface area contributed by atoms with Crippen LogP contribution in [-0.4, -0.2) is 10.8 Å². The van der Waals surface area contributed by atoms with Crippen molar-refractivity contribution >= 4 is 5.71 Å². The summed E-state index contributed by atoms with van der Waals surface area (Å²) >= 11 is 0. The Morgan fingerprint density at radius 2 is 2.38 bits per heavy atom. The molecule has 1 N–H and O–H groups in total. The molecule has 44 valence electrons. The first-order chi connectivity index (χ1) is 3.79. The molecule has 0 atom stereocenters. The van der Waals surface area contributed by atoms with Crippen LogP contribution in [0.5, 0.6) is 0 Å². The number of nitrogens with zero attached hydrogens (tertiary/aromatic N) is 1. The van der Waals surface area contributed by atoms with Gasteiger partial charge in [-0.2, -0.15) is 0 Å². The summed E-state index contributed by atoms with van der Waals surface area (Å²) < 4.78 is 0. The fourth-order valence-corrected chi connectivity index (χ4v) is 0.623. The highest BCUT2D eigenvalue weighted by atomic mass is 16.3. The molecule has 1 aliphatic rings. The van der Waals surface area contributed by atoms with E-state index in [4.69, 9.17) is 5.11 Å². The van der Waals surface area contributed by atoms with E-state index in [9.17, 15) is 0 Å². The van der Waals surface area contributed by atoms with Crippen LogP contribution >= 0.6 is 0 Å². The van der Waals surface area contributed by atoms with Crippen LogP contribution in [0.2, 0.25) is 0 Å². The molecule has 0 bridgehead atoms. The number of aliphatic hydroxyl groups is 1. The average Bonchev–Trinajstić information content (AvgIpc) is 1.77. The predicted octanol–water partition coefficient (Wildman–Crippen LogP) is 1.64. The van der Waals surface area contributed by atoms with Gasteiger partial charge in [0, 0.05) is 12.1 Å². The van der Waals surface area contributed by atoms with Crippen molar-refractivity contribution in [2.75, 3.05) is 0 Å². The van der Waals surface area contributed by atoms with Gasteiger partial charge in [0.25, 0.3) is 0 Å². The van der Waals surface area contributed by atoms with E-state index < -0.39 is 0 Å². The highest BCUT2D eigenvalue weighted by Crippen LogP contribution is 2.07. The molecule has 0 aromatic carbocycles. The summed E-state index contributed by atoms with van der Waals surface area (Å²) in [6.07, 6.45) is 3.18. The molecule has 0 saturated carbocycles. The molecule has 0 spiro atoms. The maximum Gasteiger partial charge on any atom is 0.111 e. The minimum Gasteiger partial charge on any atom is -0.511 e. The van der Waals surface area contributed by atoms with Crippen LogP contribution < -0.4 is 0 Å². The lowest BCUT2D eigenvalue weighted by Gasteiger charge is -2.03. The monoisotopic (exact) mass is 111 g/mol. The molecule has 0 aliphatic carbocycles. The van der Waals surface area contributed by atoms with Gasteiger partial charge in [0.15, 0.2) is 0 Å². The van der Waals surface area contributed by atoms with E-state index in [0.717, 1.165) is 18.6 Å². The van der Waals surface area contributed by atoms with Gasteiger partial charge in [-0.1, -0.05) is 0 Å². The highest BCUT2D eigenvalue weighted by molar-refractivity contribution is 5.83. The summed E-state index contributed by atoms with van der Waals surface area (Å²) in [6, 6.07) is 0. The van der Waals surface area contributed by atoms with Crippen LogP contribution in [0.25, 0.3) is 0 Å². The van der Waals surface area contributed by atoms with Crippen molar-refractivity contribution in [1.29, 1.82) is 0 Å². The van der Waals surface area contributed by atoms with Crippen molar-refractivity contribution in [3.8, 4) is 0 Å². The first-order valence-electron chi connectivity index (χ1n) is 2.70. The minimum absolute atomic E-state index is 0.399. The standard InChI is InChI=1S/C6H9NO/c1-5-2-3-6(8)4-7-5/h4,8H,2-3H2,1H3. The molecular weight excluding hydrogens is 102 g/mol. The molecule has 1 rings (SSSR count). The van der Waals surface area contributed by atoms with Crippen molar-refractivity contribution in [3.63, 3.8) is 0 Å². The second kappa shape index (κ2) is 1.99. The van der Waals surface area contributed by atoms with Gasteiger partial charge in [-0.25, -0.2) is 0 Å². The Morgan fingerprint density at radius 1 is 1.62 bits per heavy atom. The average molecular weight is 111 g/mol. The predicted molar refractivity (Wildman–Crippen MR) is 33.1 cm³/mol. The molecular formula is C6H9NO. The van der Waals surface area contributed by atoms with Crippen molar-refractivity contribution < 1.29 is 5.11 Å². The van der Waals surface area contributed by atoms with Gasteiger partial charge in [-0.3, -0.25) is 4.99 Å². The van der Waals surface area contributed by atoms with Crippen molar-refractivity contribution in [2.24, 2.45) is 4.99 Å². The number of allylic oxidation sites excluding steroid dienone is 1. The zero-order valence-electron chi connectivity index (χ0n) is 4.89. The zero-order chi connectivity index (χ0) is 5.98. The van der Waals surface area contributed by atoms with E-state index >= 15 is 0 Å². The molecule has 0 aromatic heterocycles. The zero-order valence-corrected chi connectivity index (χ0v) is 4.89. The fourth-order valence-electron chi connectivity index (χ4n) is 0.623. The van der Waals surface area contributed by atoms with Gasteiger partial charge in [-0.05, 0) is 13.3 Å². The summed E-state index contributed by atoms with van der Waals surface area (Å²) in [6.45, 7) is 1.96. The number of aliphatic hydroxyl groups excluding tert-OH is 1. The van der Waals surface area contributed by atoms with Crippen LogP contribution in [0.15, 0.2) is 17.0 Å². The van der Waals surface area contributed by atoms with Gasteiger partial charge in [-0.15, -0.1) is 0 Å². The van der Waals surface area contributed by atoms with E-state index in [1.165, 1.54) is 6.20 Å². The number of rotatable bonds is 0. The van der Waals surface area contributed by atoms with Gasteiger partial charge in [0.2, 0.25) is 0 Å². The Bertz CT molecular complexity index is 129. The summed E-state index contributed by atoms with van der Waals surface area (Å²) in [4.78, 5) is 3.92. The summed E-state index contributed by atoms with van der Waals surface area (Å²) in [7, 11) is 0. The lowest BCUT2D eigenvalue weighted by atomic mass is 10.2. The Kier molecular flexibility index (Phi) is 1.33. The fraction of sp³-hybridized carbons (Fsp3) is 0.500. The molecule has 0 radical (unpaired) electrons. The van der Waals surface area contributed by atoms with Crippen LogP contribution in [0.3, 0.4) is 0 Å². The third kappa shape index (κ3) is 1.09. The molecule has 8 heavy (non-hydrogen) atoms. The first-order valence-corrected chi connectivity index (χ1v) is 2.70. The lowest BCUT2D eigenvalue weighted by Crippen LogP contribution is -1.96. The Labute approximate surface area is 48.6 Å². The van der Waals surface area contributed by atoms with E-state index in [1.54, 1.807) is 0 Å². The van der Waals surface area contributed by atoms with E-state index in [1.807, 2.05) is 6.92 Å². The molecule has 2 heteroatoms. The molecule has 0 unspecified atom stereocenters. The highest BCUT2D eigenvalue weighted by Gasteiger charge is 1.99. The Balaban J connectivity index is 2.65. The number of aliphatic imine (C=N–C) groups is 1. The van der Waals surface area contributed by atoms with Gasteiger partial charge < -0.3 is 5.11 Å². The third-order valence-electron chi connectivity index (χ3n) is 1.18. The molecule has 0 saturated heterocycles. The molecule has 1 heterocycles. The lowest BCUT2D eigenvalue weighted by molar-refractivity contribution is 0.387. The van der Waals surface area contributed by atoms with Crippen LogP contribution in [0.1, 0.15) is 19.8 Å². The van der Waals surface area contributed by atoms with Crippen molar-refractivity contribution in [1.82, 2.24) is 0 Å². The maximum absolute atomic E-state index is 8.78. The smallest absolute Gasteiger partial charge is 0.111 e. The minimum atomic E-state index is 0.399. The second-order valence-corrected chi connectivity index (χ2v) is 1.98.